The summed E-state index contributed by atoms with van der Waals surface area (Å²) < 4.78 is 2.16. The van der Waals surface area contributed by atoms with Crippen LogP contribution in [0.15, 0.2) is 6.07 Å². The molecular weight excluding hydrogens is 150 g/mol. The Hall–Kier alpha value is -0.830. The molecule has 0 spiro atoms. The molecule has 64 valence electrons. The summed E-state index contributed by atoms with van der Waals surface area (Å²) in [5.74, 6) is 0.795. The summed E-state index contributed by atoms with van der Waals surface area (Å²) in [6.45, 7) is 3.11. The summed E-state index contributed by atoms with van der Waals surface area (Å²) >= 11 is 0. The van der Waals surface area contributed by atoms with E-state index < -0.39 is 0 Å². The Bertz CT molecular complexity index is 275. The third kappa shape index (κ3) is 0.966. The van der Waals surface area contributed by atoms with Gasteiger partial charge in [-0.25, -0.2) is 0 Å². The van der Waals surface area contributed by atoms with Crippen molar-refractivity contribution in [1.29, 1.82) is 0 Å². The lowest BCUT2D eigenvalue weighted by molar-refractivity contribution is 0.473. The normalized spacial score (nSPS) is 22.3. The van der Waals surface area contributed by atoms with Crippen LogP contribution < -0.4 is 5.32 Å². The van der Waals surface area contributed by atoms with Gasteiger partial charge >= 0.3 is 0 Å². The molecule has 0 saturated heterocycles. The van der Waals surface area contributed by atoms with Crippen LogP contribution in [0, 0.1) is 0 Å². The van der Waals surface area contributed by atoms with Gasteiger partial charge in [-0.3, -0.25) is 4.68 Å². The molecule has 1 saturated carbocycles. The molecule has 2 heterocycles. The lowest BCUT2D eigenvalue weighted by Gasteiger charge is -2.13. The van der Waals surface area contributed by atoms with Crippen LogP contribution in [-0.4, -0.2) is 16.3 Å². The van der Waals surface area contributed by atoms with Crippen molar-refractivity contribution in [1.82, 2.24) is 15.1 Å². The third-order valence-electron chi connectivity index (χ3n) is 2.68. The summed E-state index contributed by atoms with van der Waals surface area (Å²) in [7, 11) is 0. The van der Waals surface area contributed by atoms with E-state index >= 15 is 0 Å². The number of rotatable bonds is 1. The molecule has 3 nitrogen and oxygen atoms in total. The van der Waals surface area contributed by atoms with Crippen LogP contribution in [0.1, 0.15) is 30.1 Å². The third-order valence-corrected chi connectivity index (χ3v) is 2.68. The highest BCUT2D eigenvalue weighted by Gasteiger charge is 2.27. The van der Waals surface area contributed by atoms with Crippen LogP contribution >= 0.6 is 0 Å². The van der Waals surface area contributed by atoms with Gasteiger partial charge in [0.2, 0.25) is 0 Å². The minimum atomic E-state index is 0.795. The highest BCUT2D eigenvalue weighted by Crippen LogP contribution is 2.39. The maximum absolute atomic E-state index is 4.59. The van der Waals surface area contributed by atoms with Gasteiger partial charge in [0.1, 0.15) is 0 Å². The van der Waals surface area contributed by atoms with Gasteiger partial charge in [-0.1, -0.05) is 0 Å². The molecule has 0 unspecified atom stereocenters. The van der Waals surface area contributed by atoms with Gasteiger partial charge < -0.3 is 5.32 Å². The topological polar surface area (TPSA) is 29.9 Å². The summed E-state index contributed by atoms with van der Waals surface area (Å²) in [6, 6.07) is 2.27. The van der Waals surface area contributed by atoms with Crippen molar-refractivity contribution in [3.63, 3.8) is 0 Å². The van der Waals surface area contributed by atoms with Crippen LogP contribution in [0.3, 0.4) is 0 Å². The summed E-state index contributed by atoms with van der Waals surface area (Å²) in [4.78, 5) is 0. The predicted molar refractivity (Wildman–Crippen MR) is 45.9 cm³/mol. The Labute approximate surface area is 71.8 Å². The van der Waals surface area contributed by atoms with Gasteiger partial charge in [-0.2, -0.15) is 5.10 Å². The van der Waals surface area contributed by atoms with Gasteiger partial charge in [0.25, 0.3) is 0 Å². The first kappa shape index (κ1) is 6.66. The molecule has 0 radical (unpaired) electrons. The summed E-state index contributed by atoms with van der Waals surface area (Å²) in [5, 5.41) is 7.94. The van der Waals surface area contributed by atoms with E-state index in [1.807, 2.05) is 0 Å². The van der Waals surface area contributed by atoms with Gasteiger partial charge in [-0.05, 0) is 18.9 Å². The Kier molecular flexibility index (Phi) is 1.29. The first-order valence-corrected chi connectivity index (χ1v) is 4.71. The Morgan fingerprint density at radius 1 is 1.50 bits per heavy atom. The second-order valence-corrected chi connectivity index (χ2v) is 3.73. The van der Waals surface area contributed by atoms with Crippen LogP contribution in [0.2, 0.25) is 0 Å². The van der Waals surface area contributed by atoms with E-state index in [0.717, 1.165) is 25.6 Å². The van der Waals surface area contributed by atoms with Crippen LogP contribution in [0.25, 0.3) is 0 Å². The van der Waals surface area contributed by atoms with Crippen LogP contribution in [0.4, 0.5) is 0 Å². The van der Waals surface area contributed by atoms with Crippen molar-refractivity contribution in [2.75, 3.05) is 6.54 Å². The monoisotopic (exact) mass is 163 g/mol. The van der Waals surface area contributed by atoms with Crippen molar-refractivity contribution in [2.24, 2.45) is 0 Å². The molecule has 2 aliphatic rings. The molecule has 1 fully saturated rings. The lowest BCUT2D eigenvalue weighted by atomic mass is 10.2. The number of hydrogen-bond donors (Lipinski definition) is 1. The number of nitrogens with one attached hydrogen (secondary N) is 1. The van der Waals surface area contributed by atoms with Gasteiger partial charge in [0.05, 0.1) is 17.9 Å². The van der Waals surface area contributed by atoms with E-state index in [4.69, 9.17) is 0 Å². The van der Waals surface area contributed by atoms with E-state index in [2.05, 4.69) is 21.2 Å². The van der Waals surface area contributed by atoms with Gasteiger partial charge in [0, 0.05) is 19.0 Å². The lowest BCUT2D eigenvalue weighted by Crippen LogP contribution is -2.28. The molecule has 1 aromatic rings. The molecule has 0 atom stereocenters. The fourth-order valence-corrected chi connectivity index (χ4v) is 1.79. The maximum Gasteiger partial charge on any atom is 0.0658 e. The molecule has 1 aliphatic carbocycles. The molecule has 0 amide bonds. The molecule has 1 aliphatic heterocycles. The molecule has 1 aromatic heterocycles. The number of aromatic nitrogens is 2. The molecule has 0 aromatic carbocycles. The quantitative estimate of drug-likeness (QED) is 0.665. The average Bonchev–Trinajstić information content (AvgIpc) is 2.85. The van der Waals surface area contributed by atoms with Crippen LogP contribution in [-0.2, 0) is 13.1 Å². The largest absolute Gasteiger partial charge is 0.309 e. The number of nitrogens with zero attached hydrogens (tertiary/aromatic N) is 2. The van der Waals surface area contributed by atoms with Crippen LogP contribution in [0.5, 0.6) is 0 Å². The molecule has 3 rings (SSSR count). The van der Waals surface area contributed by atoms with E-state index in [-0.39, 0.29) is 0 Å². The van der Waals surface area contributed by atoms with Crippen molar-refractivity contribution in [3.05, 3.63) is 17.5 Å². The van der Waals surface area contributed by atoms with Gasteiger partial charge in [-0.15, -0.1) is 0 Å². The zero-order valence-corrected chi connectivity index (χ0v) is 7.08. The second kappa shape index (κ2) is 2.33. The van der Waals surface area contributed by atoms with Crippen molar-refractivity contribution >= 4 is 0 Å². The average molecular weight is 163 g/mol. The number of hydrogen-bond acceptors (Lipinski definition) is 2. The highest BCUT2D eigenvalue weighted by molar-refractivity contribution is 5.19. The minimum Gasteiger partial charge on any atom is -0.309 e. The Morgan fingerprint density at radius 3 is 3.17 bits per heavy atom. The minimum absolute atomic E-state index is 0.795. The molecule has 12 heavy (non-hydrogen) atoms. The zero-order chi connectivity index (χ0) is 7.97. The molecule has 3 heteroatoms. The SMILES string of the molecule is c1c(C2CC2)nn2c1CNCC2. The maximum atomic E-state index is 4.59. The van der Waals surface area contributed by atoms with Gasteiger partial charge in [0.15, 0.2) is 0 Å². The van der Waals surface area contributed by atoms with E-state index in [9.17, 15) is 0 Å². The Balaban J connectivity index is 1.97. The first-order valence-electron chi connectivity index (χ1n) is 4.71. The van der Waals surface area contributed by atoms with E-state index in [1.165, 1.54) is 24.2 Å². The fraction of sp³-hybridized carbons (Fsp3) is 0.667. The molecular formula is C9H13N3. The summed E-state index contributed by atoms with van der Waals surface area (Å²) in [5.41, 5.74) is 2.69. The molecule has 0 bridgehead atoms. The van der Waals surface area contributed by atoms with Crippen molar-refractivity contribution in [2.45, 2.75) is 31.8 Å². The summed E-state index contributed by atoms with van der Waals surface area (Å²) in [6.07, 6.45) is 2.70. The van der Waals surface area contributed by atoms with Crippen molar-refractivity contribution < 1.29 is 0 Å². The standard InChI is InChI=1S/C9H13N3/c1-2-7(1)9-5-8-6-10-3-4-12(8)11-9/h5,7,10H,1-4,6H2. The Morgan fingerprint density at radius 2 is 2.42 bits per heavy atom. The highest BCUT2D eigenvalue weighted by atomic mass is 15.3. The van der Waals surface area contributed by atoms with E-state index in [1.54, 1.807) is 0 Å². The predicted octanol–water partition coefficient (Wildman–Crippen LogP) is 0.864. The molecule has 1 N–H and O–H groups in total. The zero-order valence-electron chi connectivity index (χ0n) is 7.08. The fourth-order valence-electron chi connectivity index (χ4n) is 1.79. The smallest absolute Gasteiger partial charge is 0.0658 e. The van der Waals surface area contributed by atoms with E-state index in [0.29, 0.717) is 0 Å². The van der Waals surface area contributed by atoms with Crippen molar-refractivity contribution in [3.8, 4) is 0 Å². The second-order valence-electron chi connectivity index (χ2n) is 3.73. The number of fused-ring (bicyclic) bond motifs is 1. The first-order chi connectivity index (χ1) is 5.93.